The summed E-state index contributed by atoms with van der Waals surface area (Å²) >= 11 is 0. The molecular formula is C18H27N3O3. The van der Waals surface area contributed by atoms with Crippen molar-refractivity contribution < 1.29 is 14.4 Å². The van der Waals surface area contributed by atoms with Gasteiger partial charge in [-0.05, 0) is 25.7 Å². The van der Waals surface area contributed by atoms with Gasteiger partial charge in [0, 0.05) is 19.0 Å². The predicted molar refractivity (Wildman–Crippen MR) is 88.8 cm³/mol. The van der Waals surface area contributed by atoms with Crippen molar-refractivity contribution in [3.8, 4) is 6.07 Å². The number of rotatable bonds is 5. The number of nitrogens with one attached hydrogen (secondary N) is 1. The summed E-state index contributed by atoms with van der Waals surface area (Å²) in [5, 5.41) is 12.1. The molecule has 6 heteroatoms. The third-order valence-electron chi connectivity index (χ3n) is 4.93. The number of amides is 2. The highest BCUT2D eigenvalue weighted by molar-refractivity contribution is 6.05. The molecule has 1 atom stereocenters. The molecule has 2 fully saturated rings. The maximum absolute atomic E-state index is 12.4. The summed E-state index contributed by atoms with van der Waals surface area (Å²) in [6, 6.07) is 1.89. The third kappa shape index (κ3) is 5.33. The molecule has 1 heterocycles. The molecule has 1 saturated heterocycles. The van der Waals surface area contributed by atoms with Crippen LogP contribution in [0.25, 0.3) is 0 Å². The van der Waals surface area contributed by atoms with Gasteiger partial charge in [-0.15, -0.1) is 0 Å². The first-order valence-electron chi connectivity index (χ1n) is 9.12. The summed E-state index contributed by atoms with van der Waals surface area (Å²) < 4.78 is 0. The fraction of sp³-hybridized carbons (Fsp3) is 0.778. The number of hydrogen-bond acceptors (Lipinski definition) is 4. The van der Waals surface area contributed by atoms with Crippen molar-refractivity contribution in [2.75, 3.05) is 13.1 Å². The van der Waals surface area contributed by atoms with E-state index in [4.69, 9.17) is 0 Å². The van der Waals surface area contributed by atoms with Gasteiger partial charge in [0.25, 0.3) is 0 Å². The number of likely N-dealkylation sites (tertiary alicyclic amines) is 1. The number of nitrogens with zero attached hydrogens (tertiary/aromatic N) is 2. The van der Waals surface area contributed by atoms with Crippen LogP contribution in [-0.2, 0) is 14.4 Å². The Bertz CT molecular complexity index is 506. The second-order valence-corrected chi connectivity index (χ2v) is 6.85. The third-order valence-corrected chi connectivity index (χ3v) is 4.93. The zero-order valence-corrected chi connectivity index (χ0v) is 14.3. The molecule has 0 bridgehead atoms. The molecule has 0 aromatic carbocycles. The molecule has 0 aromatic heterocycles. The first-order chi connectivity index (χ1) is 11.6. The molecule has 1 aliphatic heterocycles. The summed E-state index contributed by atoms with van der Waals surface area (Å²) in [6.07, 6.45) is 9.35. The van der Waals surface area contributed by atoms with Crippen LogP contribution in [0, 0.1) is 17.2 Å². The van der Waals surface area contributed by atoms with Crippen molar-refractivity contribution >= 4 is 17.6 Å². The van der Waals surface area contributed by atoms with Gasteiger partial charge < -0.3 is 10.2 Å². The van der Waals surface area contributed by atoms with Gasteiger partial charge in [-0.25, -0.2) is 0 Å². The minimum Gasteiger partial charge on any atom is -0.352 e. The Hall–Kier alpha value is -1.90. The Morgan fingerprint density at radius 3 is 2.50 bits per heavy atom. The van der Waals surface area contributed by atoms with Crippen LogP contribution in [0.3, 0.4) is 0 Å². The number of carbonyl (C=O) groups is 3. The van der Waals surface area contributed by atoms with E-state index in [2.05, 4.69) is 5.32 Å². The fourth-order valence-corrected chi connectivity index (χ4v) is 3.47. The summed E-state index contributed by atoms with van der Waals surface area (Å²) in [5.41, 5.74) is 0. The van der Waals surface area contributed by atoms with Crippen LogP contribution < -0.4 is 5.32 Å². The van der Waals surface area contributed by atoms with Crippen LogP contribution in [-0.4, -0.2) is 41.6 Å². The Labute approximate surface area is 143 Å². The SMILES string of the molecule is N#C[C@H](C(=O)CN1CCCCCCC1=O)C(=O)NC1CCCCC1. The second kappa shape index (κ2) is 9.41. The number of hydrogen-bond donors (Lipinski definition) is 1. The Morgan fingerprint density at radius 2 is 1.79 bits per heavy atom. The van der Waals surface area contributed by atoms with E-state index in [0.717, 1.165) is 51.4 Å². The Morgan fingerprint density at radius 1 is 1.12 bits per heavy atom. The minimum atomic E-state index is -1.31. The molecule has 1 aliphatic carbocycles. The number of nitriles is 1. The topological polar surface area (TPSA) is 90.3 Å². The molecular weight excluding hydrogens is 306 g/mol. The average Bonchev–Trinajstić information content (AvgIpc) is 2.56. The van der Waals surface area contributed by atoms with Crippen molar-refractivity contribution in [1.29, 1.82) is 5.26 Å². The van der Waals surface area contributed by atoms with Crippen LogP contribution in [0.5, 0.6) is 0 Å². The number of Topliss-reactive ketones (excluding diaryl/α,β-unsaturated/α-hetero) is 1. The van der Waals surface area contributed by atoms with Crippen molar-refractivity contribution in [3.05, 3.63) is 0 Å². The lowest BCUT2D eigenvalue weighted by molar-refractivity contribution is -0.139. The van der Waals surface area contributed by atoms with E-state index in [9.17, 15) is 19.6 Å². The van der Waals surface area contributed by atoms with Gasteiger partial charge >= 0.3 is 0 Å². The van der Waals surface area contributed by atoms with E-state index in [-0.39, 0.29) is 18.5 Å². The lowest BCUT2D eigenvalue weighted by Crippen LogP contribution is -2.45. The van der Waals surface area contributed by atoms with Crippen LogP contribution in [0.2, 0.25) is 0 Å². The molecule has 0 unspecified atom stereocenters. The van der Waals surface area contributed by atoms with Gasteiger partial charge in [0.1, 0.15) is 0 Å². The van der Waals surface area contributed by atoms with Gasteiger partial charge in [-0.1, -0.05) is 32.1 Å². The van der Waals surface area contributed by atoms with Crippen molar-refractivity contribution in [1.82, 2.24) is 10.2 Å². The molecule has 24 heavy (non-hydrogen) atoms. The highest BCUT2D eigenvalue weighted by Gasteiger charge is 2.30. The van der Waals surface area contributed by atoms with Crippen LogP contribution in [0.4, 0.5) is 0 Å². The van der Waals surface area contributed by atoms with E-state index in [1.165, 1.54) is 11.3 Å². The van der Waals surface area contributed by atoms with Crippen LogP contribution >= 0.6 is 0 Å². The Kier molecular flexibility index (Phi) is 7.23. The molecule has 2 aliphatic rings. The van der Waals surface area contributed by atoms with E-state index in [0.29, 0.717) is 13.0 Å². The lowest BCUT2D eigenvalue weighted by atomic mass is 9.94. The van der Waals surface area contributed by atoms with Crippen molar-refractivity contribution in [2.24, 2.45) is 5.92 Å². The molecule has 0 radical (unpaired) electrons. The van der Waals surface area contributed by atoms with E-state index in [1.54, 1.807) is 0 Å². The second-order valence-electron chi connectivity index (χ2n) is 6.85. The fourth-order valence-electron chi connectivity index (χ4n) is 3.47. The van der Waals surface area contributed by atoms with Gasteiger partial charge in [0.2, 0.25) is 11.8 Å². The molecule has 0 spiro atoms. The first-order valence-corrected chi connectivity index (χ1v) is 9.12. The lowest BCUT2D eigenvalue weighted by Gasteiger charge is -2.26. The normalized spacial score (nSPS) is 21.3. The summed E-state index contributed by atoms with van der Waals surface area (Å²) in [7, 11) is 0. The first kappa shape index (κ1) is 18.4. The van der Waals surface area contributed by atoms with E-state index < -0.39 is 17.6 Å². The summed E-state index contributed by atoms with van der Waals surface area (Å²) in [6.45, 7) is 0.405. The average molecular weight is 333 g/mol. The highest BCUT2D eigenvalue weighted by atomic mass is 16.2. The molecule has 6 nitrogen and oxygen atoms in total. The zero-order valence-electron chi connectivity index (χ0n) is 14.3. The van der Waals surface area contributed by atoms with E-state index >= 15 is 0 Å². The van der Waals surface area contributed by atoms with Gasteiger partial charge in [0.15, 0.2) is 11.7 Å². The summed E-state index contributed by atoms with van der Waals surface area (Å²) in [5.74, 6) is -2.34. The highest BCUT2D eigenvalue weighted by Crippen LogP contribution is 2.18. The largest absolute Gasteiger partial charge is 0.352 e. The molecule has 0 aromatic rings. The quantitative estimate of drug-likeness (QED) is 0.778. The molecule has 2 amide bonds. The number of ketones is 1. The van der Waals surface area contributed by atoms with Gasteiger partial charge in [0.05, 0.1) is 12.6 Å². The van der Waals surface area contributed by atoms with Crippen molar-refractivity contribution in [2.45, 2.75) is 70.3 Å². The molecule has 1 saturated carbocycles. The van der Waals surface area contributed by atoms with Gasteiger partial charge in [-0.3, -0.25) is 14.4 Å². The standard InChI is InChI=1S/C18H27N3O3/c19-12-15(18(24)20-14-8-4-3-5-9-14)16(22)13-21-11-7-2-1-6-10-17(21)23/h14-15H,1-11,13H2,(H,20,24)/t15-/m1/s1. The minimum absolute atomic E-state index is 0.0487. The maximum Gasteiger partial charge on any atom is 0.245 e. The Balaban J connectivity index is 1.90. The summed E-state index contributed by atoms with van der Waals surface area (Å²) in [4.78, 5) is 38.3. The van der Waals surface area contributed by atoms with Crippen molar-refractivity contribution in [3.63, 3.8) is 0 Å². The van der Waals surface area contributed by atoms with E-state index in [1.807, 2.05) is 6.07 Å². The predicted octanol–water partition coefficient (Wildman–Crippen LogP) is 1.94. The maximum atomic E-state index is 12.4. The number of carbonyl (C=O) groups excluding carboxylic acids is 3. The smallest absolute Gasteiger partial charge is 0.245 e. The monoisotopic (exact) mass is 333 g/mol. The molecule has 1 N–H and O–H groups in total. The van der Waals surface area contributed by atoms with Gasteiger partial charge in [-0.2, -0.15) is 5.26 Å². The molecule has 2 rings (SSSR count). The van der Waals surface area contributed by atoms with Crippen LogP contribution in [0.1, 0.15) is 64.2 Å². The van der Waals surface area contributed by atoms with Crippen LogP contribution in [0.15, 0.2) is 0 Å². The molecule has 132 valence electrons. The zero-order chi connectivity index (χ0) is 17.4.